The molecule has 2 aromatic carbocycles. The summed E-state index contributed by atoms with van der Waals surface area (Å²) in [6.45, 7) is 4.17. The van der Waals surface area contributed by atoms with E-state index in [0.29, 0.717) is 30.6 Å². The zero-order valence-corrected chi connectivity index (χ0v) is 16.0. The average Bonchev–Trinajstić information content (AvgIpc) is 3.03. The molecule has 0 aliphatic heterocycles. The lowest BCUT2D eigenvalue weighted by atomic mass is 9.81. The number of carbonyl (C=O) groups is 3. The first-order valence-electron chi connectivity index (χ1n) is 9.33. The number of carboxylic acids is 1. The summed E-state index contributed by atoms with van der Waals surface area (Å²) in [6, 6.07) is 12.7. The zero-order valence-electron chi connectivity index (χ0n) is 16.0. The number of hydrogen-bond acceptors (Lipinski definition) is 3. The highest BCUT2D eigenvalue weighted by atomic mass is 16.4. The molecule has 0 saturated carbocycles. The number of anilines is 1. The molecule has 0 saturated heterocycles. The van der Waals surface area contributed by atoms with E-state index in [1.807, 2.05) is 38.1 Å². The van der Waals surface area contributed by atoms with Crippen molar-refractivity contribution in [1.82, 2.24) is 5.32 Å². The van der Waals surface area contributed by atoms with E-state index in [1.54, 1.807) is 18.2 Å². The van der Waals surface area contributed by atoms with Crippen LogP contribution in [0.2, 0.25) is 0 Å². The number of hydrogen-bond donors (Lipinski definition) is 3. The first-order valence-corrected chi connectivity index (χ1v) is 9.33. The molecule has 0 aromatic heterocycles. The van der Waals surface area contributed by atoms with Gasteiger partial charge >= 0.3 is 5.97 Å². The highest BCUT2D eigenvalue weighted by molar-refractivity contribution is 5.99. The van der Waals surface area contributed by atoms with Gasteiger partial charge in [-0.1, -0.05) is 30.3 Å². The molecule has 0 atom stereocenters. The standard InChI is InChI=1S/C22H24N2O4/c1-3-23-20(26)15-9-8-14(2)18(10-15)24-19(25)13-22(21(27)28)11-16-6-4-5-7-17(16)12-22/h4-10H,3,11-13H2,1-2H3,(H,23,26)(H,24,25)(H,27,28). The van der Waals surface area contributed by atoms with Crippen LogP contribution in [0, 0.1) is 12.3 Å². The van der Waals surface area contributed by atoms with Crippen molar-refractivity contribution in [3.8, 4) is 0 Å². The van der Waals surface area contributed by atoms with Gasteiger partial charge in [-0.05, 0) is 55.5 Å². The van der Waals surface area contributed by atoms with E-state index in [1.165, 1.54) is 0 Å². The Hall–Kier alpha value is -3.15. The topological polar surface area (TPSA) is 95.5 Å². The molecule has 0 spiro atoms. The molecule has 1 aliphatic rings. The number of benzene rings is 2. The third kappa shape index (κ3) is 3.91. The molecule has 3 N–H and O–H groups in total. The molecule has 0 bridgehead atoms. The number of carboxylic acid groups (broad SMARTS) is 1. The molecular weight excluding hydrogens is 356 g/mol. The Bertz CT molecular complexity index is 911. The maximum atomic E-state index is 12.7. The summed E-state index contributed by atoms with van der Waals surface area (Å²) in [7, 11) is 0. The monoisotopic (exact) mass is 380 g/mol. The van der Waals surface area contributed by atoms with Crippen molar-refractivity contribution in [2.75, 3.05) is 11.9 Å². The molecule has 0 unspecified atom stereocenters. The van der Waals surface area contributed by atoms with E-state index in [0.717, 1.165) is 16.7 Å². The summed E-state index contributed by atoms with van der Waals surface area (Å²) in [5.74, 6) is -1.55. The molecule has 0 fully saturated rings. The Morgan fingerprint density at radius 3 is 2.29 bits per heavy atom. The van der Waals surface area contributed by atoms with E-state index in [-0.39, 0.29) is 18.2 Å². The van der Waals surface area contributed by atoms with E-state index >= 15 is 0 Å². The van der Waals surface area contributed by atoms with Gasteiger partial charge in [0.15, 0.2) is 0 Å². The van der Waals surface area contributed by atoms with Crippen LogP contribution < -0.4 is 10.6 Å². The lowest BCUT2D eigenvalue weighted by molar-refractivity contribution is -0.150. The van der Waals surface area contributed by atoms with Crippen molar-refractivity contribution < 1.29 is 19.5 Å². The van der Waals surface area contributed by atoms with Crippen molar-refractivity contribution in [3.63, 3.8) is 0 Å². The highest BCUT2D eigenvalue weighted by Gasteiger charge is 2.45. The van der Waals surface area contributed by atoms with Gasteiger partial charge in [0.25, 0.3) is 5.91 Å². The van der Waals surface area contributed by atoms with E-state index in [9.17, 15) is 19.5 Å². The maximum absolute atomic E-state index is 12.7. The zero-order chi connectivity index (χ0) is 20.3. The van der Waals surface area contributed by atoms with Gasteiger partial charge in [0.05, 0.1) is 5.41 Å². The molecular formula is C22H24N2O4. The van der Waals surface area contributed by atoms with Crippen LogP contribution in [0.4, 0.5) is 5.69 Å². The maximum Gasteiger partial charge on any atom is 0.310 e. The predicted octanol–water partition coefficient (Wildman–Crippen LogP) is 2.94. The van der Waals surface area contributed by atoms with Gasteiger partial charge in [-0.25, -0.2) is 0 Å². The summed E-state index contributed by atoms with van der Waals surface area (Å²) in [6.07, 6.45) is 0.551. The number of carbonyl (C=O) groups excluding carboxylic acids is 2. The fraction of sp³-hybridized carbons (Fsp3) is 0.318. The number of nitrogens with one attached hydrogen (secondary N) is 2. The molecule has 2 aromatic rings. The van der Waals surface area contributed by atoms with Gasteiger partial charge < -0.3 is 15.7 Å². The first kappa shape index (κ1) is 19.6. The van der Waals surface area contributed by atoms with Crippen LogP contribution >= 0.6 is 0 Å². The van der Waals surface area contributed by atoms with E-state index < -0.39 is 11.4 Å². The van der Waals surface area contributed by atoms with Crippen molar-refractivity contribution in [3.05, 3.63) is 64.7 Å². The number of aliphatic carboxylic acids is 1. The Labute approximate surface area is 164 Å². The van der Waals surface area contributed by atoms with Crippen LogP contribution in [0.3, 0.4) is 0 Å². The fourth-order valence-corrected chi connectivity index (χ4v) is 3.71. The molecule has 0 heterocycles. The second kappa shape index (κ2) is 7.84. The summed E-state index contributed by atoms with van der Waals surface area (Å²) in [4.78, 5) is 36.8. The molecule has 3 rings (SSSR count). The van der Waals surface area contributed by atoms with Crippen LogP contribution in [-0.4, -0.2) is 29.4 Å². The van der Waals surface area contributed by atoms with Gasteiger partial charge in [-0.3, -0.25) is 14.4 Å². The smallest absolute Gasteiger partial charge is 0.310 e. The van der Waals surface area contributed by atoms with Crippen molar-refractivity contribution >= 4 is 23.5 Å². The van der Waals surface area contributed by atoms with Crippen molar-refractivity contribution in [1.29, 1.82) is 0 Å². The lowest BCUT2D eigenvalue weighted by Gasteiger charge is -2.23. The van der Waals surface area contributed by atoms with Crippen LogP contribution in [0.1, 0.15) is 40.4 Å². The Balaban J connectivity index is 1.77. The van der Waals surface area contributed by atoms with Crippen LogP contribution in [0.5, 0.6) is 0 Å². The largest absolute Gasteiger partial charge is 0.481 e. The van der Waals surface area contributed by atoms with Gasteiger partial charge in [-0.15, -0.1) is 0 Å². The second-order valence-electron chi connectivity index (χ2n) is 7.32. The number of amides is 2. The number of fused-ring (bicyclic) bond motifs is 1. The normalized spacial score (nSPS) is 14.2. The third-order valence-electron chi connectivity index (χ3n) is 5.24. The van der Waals surface area contributed by atoms with Gasteiger partial charge in [0.1, 0.15) is 0 Å². The highest BCUT2D eigenvalue weighted by Crippen LogP contribution is 2.40. The predicted molar refractivity (Wildman–Crippen MR) is 106 cm³/mol. The Morgan fingerprint density at radius 1 is 1.07 bits per heavy atom. The molecule has 2 amide bonds. The summed E-state index contributed by atoms with van der Waals surface area (Å²) >= 11 is 0. The minimum absolute atomic E-state index is 0.123. The summed E-state index contributed by atoms with van der Waals surface area (Å²) < 4.78 is 0. The van der Waals surface area contributed by atoms with Crippen LogP contribution in [-0.2, 0) is 22.4 Å². The molecule has 6 heteroatoms. The minimum Gasteiger partial charge on any atom is -0.481 e. The van der Waals surface area contributed by atoms with Gasteiger partial charge in [-0.2, -0.15) is 0 Å². The molecule has 6 nitrogen and oxygen atoms in total. The Kier molecular flexibility index (Phi) is 5.49. The summed E-state index contributed by atoms with van der Waals surface area (Å²) in [5, 5.41) is 15.4. The SMILES string of the molecule is CCNC(=O)c1ccc(C)c(NC(=O)CC2(C(=O)O)Cc3ccccc3C2)c1. The Morgan fingerprint density at radius 2 is 1.71 bits per heavy atom. The second-order valence-corrected chi connectivity index (χ2v) is 7.32. The van der Waals surface area contributed by atoms with Crippen molar-refractivity contribution in [2.24, 2.45) is 5.41 Å². The van der Waals surface area contributed by atoms with Gasteiger partial charge in [0.2, 0.25) is 5.91 Å². The van der Waals surface area contributed by atoms with E-state index in [4.69, 9.17) is 0 Å². The molecule has 0 radical (unpaired) electrons. The fourth-order valence-electron chi connectivity index (χ4n) is 3.71. The first-order chi connectivity index (χ1) is 13.3. The molecule has 146 valence electrons. The van der Waals surface area contributed by atoms with Crippen LogP contribution in [0.15, 0.2) is 42.5 Å². The number of rotatable bonds is 6. The van der Waals surface area contributed by atoms with Gasteiger partial charge in [0, 0.05) is 24.2 Å². The molecule has 28 heavy (non-hydrogen) atoms. The average molecular weight is 380 g/mol. The van der Waals surface area contributed by atoms with E-state index in [2.05, 4.69) is 10.6 Å². The minimum atomic E-state index is -1.14. The third-order valence-corrected chi connectivity index (χ3v) is 5.24. The van der Waals surface area contributed by atoms with Crippen molar-refractivity contribution in [2.45, 2.75) is 33.1 Å². The lowest BCUT2D eigenvalue weighted by Crippen LogP contribution is -2.36. The number of aryl methyl sites for hydroxylation is 1. The van der Waals surface area contributed by atoms with Crippen LogP contribution in [0.25, 0.3) is 0 Å². The molecule has 1 aliphatic carbocycles. The quantitative estimate of drug-likeness (QED) is 0.718. The summed E-state index contributed by atoms with van der Waals surface area (Å²) in [5.41, 5.74) is 2.59.